The number of nitrogens with zero attached hydrogens (tertiary/aromatic N) is 3. The van der Waals surface area contributed by atoms with Gasteiger partial charge in [0.15, 0.2) is 5.16 Å². The fourth-order valence-electron chi connectivity index (χ4n) is 3.12. The summed E-state index contributed by atoms with van der Waals surface area (Å²) in [4.78, 5) is 23.0. The normalized spacial score (nSPS) is 16.8. The summed E-state index contributed by atoms with van der Waals surface area (Å²) in [5.41, 5.74) is 1.40. The number of aromatic nitrogens is 2. The van der Waals surface area contributed by atoms with E-state index in [2.05, 4.69) is 40.3 Å². The zero-order valence-corrected chi connectivity index (χ0v) is 14.8. The predicted octanol–water partition coefficient (Wildman–Crippen LogP) is 3.44. The molecule has 1 amide bonds. The van der Waals surface area contributed by atoms with Crippen LogP contribution >= 0.6 is 11.8 Å². The Labute approximate surface area is 147 Å². The molecule has 0 saturated carbocycles. The van der Waals surface area contributed by atoms with Crippen LogP contribution in [0.2, 0.25) is 0 Å². The summed E-state index contributed by atoms with van der Waals surface area (Å²) in [7, 11) is 0. The van der Waals surface area contributed by atoms with Crippen molar-refractivity contribution in [3.8, 4) is 0 Å². The summed E-state index contributed by atoms with van der Waals surface area (Å²) in [6.45, 7) is 3.66. The monoisotopic (exact) mass is 341 g/mol. The van der Waals surface area contributed by atoms with Crippen LogP contribution in [0.3, 0.4) is 0 Å². The van der Waals surface area contributed by atoms with Crippen molar-refractivity contribution in [3.63, 3.8) is 0 Å². The van der Waals surface area contributed by atoms with Crippen LogP contribution in [0.4, 0.5) is 0 Å². The van der Waals surface area contributed by atoms with Gasteiger partial charge in [-0.1, -0.05) is 42.1 Å². The van der Waals surface area contributed by atoms with Crippen molar-refractivity contribution in [3.05, 3.63) is 54.4 Å². The molecule has 1 fully saturated rings. The van der Waals surface area contributed by atoms with Crippen molar-refractivity contribution >= 4 is 17.7 Å². The van der Waals surface area contributed by atoms with E-state index in [-0.39, 0.29) is 11.2 Å². The Hall–Kier alpha value is -1.88. The summed E-state index contributed by atoms with van der Waals surface area (Å²) in [6, 6.07) is 12.4. The first-order valence-corrected chi connectivity index (χ1v) is 9.36. The van der Waals surface area contributed by atoms with Gasteiger partial charge in [0, 0.05) is 25.5 Å². The molecule has 1 saturated heterocycles. The molecular formula is C19H23N3OS. The van der Waals surface area contributed by atoms with Gasteiger partial charge in [-0.25, -0.2) is 9.97 Å². The van der Waals surface area contributed by atoms with Gasteiger partial charge in [0.1, 0.15) is 0 Å². The molecule has 0 N–H and O–H groups in total. The minimum Gasteiger partial charge on any atom is -0.342 e. The maximum atomic E-state index is 12.6. The van der Waals surface area contributed by atoms with Crippen LogP contribution < -0.4 is 0 Å². The molecule has 126 valence electrons. The summed E-state index contributed by atoms with van der Waals surface area (Å²) >= 11 is 1.44. The first kappa shape index (κ1) is 17.0. The number of rotatable bonds is 5. The van der Waals surface area contributed by atoms with E-state index >= 15 is 0 Å². The predicted molar refractivity (Wildman–Crippen MR) is 96.8 cm³/mol. The number of carbonyl (C=O) groups is 1. The molecule has 0 unspecified atom stereocenters. The molecule has 0 bridgehead atoms. The quantitative estimate of drug-likeness (QED) is 0.617. The third-order valence-corrected chi connectivity index (χ3v) is 5.44. The second-order valence-electron chi connectivity index (χ2n) is 6.25. The van der Waals surface area contributed by atoms with E-state index in [0.29, 0.717) is 11.1 Å². The number of likely N-dealkylation sites (tertiary alicyclic amines) is 1. The van der Waals surface area contributed by atoms with Crippen LogP contribution in [0.15, 0.2) is 53.9 Å². The van der Waals surface area contributed by atoms with Crippen LogP contribution in [-0.4, -0.2) is 39.1 Å². The number of thioether (sulfide) groups is 1. The van der Waals surface area contributed by atoms with E-state index in [1.807, 2.05) is 11.8 Å². The first-order chi connectivity index (χ1) is 11.7. The Kier molecular flexibility index (Phi) is 5.86. The summed E-state index contributed by atoms with van der Waals surface area (Å²) in [5, 5.41) is 0.524. The maximum Gasteiger partial charge on any atom is 0.235 e. The highest BCUT2D eigenvalue weighted by Gasteiger charge is 2.27. The maximum absolute atomic E-state index is 12.6. The van der Waals surface area contributed by atoms with Crippen LogP contribution in [0.5, 0.6) is 0 Å². The van der Waals surface area contributed by atoms with E-state index < -0.39 is 0 Å². The Bertz CT molecular complexity index is 642. The molecule has 24 heavy (non-hydrogen) atoms. The van der Waals surface area contributed by atoms with Crippen molar-refractivity contribution in [2.45, 2.75) is 36.6 Å². The molecule has 1 aliphatic rings. The minimum atomic E-state index is -0.141. The second-order valence-corrected chi connectivity index (χ2v) is 7.56. The number of carbonyl (C=O) groups excluding carboxylic acids is 1. The van der Waals surface area contributed by atoms with Crippen molar-refractivity contribution in [2.75, 3.05) is 13.1 Å². The topological polar surface area (TPSA) is 46.1 Å². The van der Waals surface area contributed by atoms with Crippen LogP contribution in [0, 0.1) is 5.92 Å². The van der Waals surface area contributed by atoms with Crippen molar-refractivity contribution in [1.29, 1.82) is 0 Å². The van der Waals surface area contributed by atoms with E-state index in [1.165, 1.54) is 17.3 Å². The van der Waals surface area contributed by atoms with Crippen LogP contribution in [0.1, 0.15) is 25.3 Å². The van der Waals surface area contributed by atoms with Gasteiger partial charge in [-0.3, -0.25) is 4.79 Å². The SMILES string of the molecule is C[C@@H](Sc1ncccn1)C(=O)N1CCC(Cc2ccccc2)CC1. The molecule has 2 aromatic rings. The van der Waals surface area contributed by atoms with Gasteiger partial charge in [0.05, 0.1) is 5.25 Å². The molecule has 3 rings (SSSR count). The molecule has 1 aliphatic heterocycles. The summed E-state index contributed by atoms with van der Waals surface area (Å²) < 4.78 is 0. The smallest absolute Gasteiger partial charge is 0.235 e. The van der Waals surface area contributed by atoms with Gasteiger partial charge in [-0.05, 0) is 43.7 Å². The fourth-order valence-corrected chi connectivity index (χ4v) is 3.93. The fraction of sp³-hybridized carbons (Fsp3) is 0.421. The van der Waals surface area contributed by atoms with E-state index in [0.717, 1.165) is 32.4 Å². The van der Waals surface area contributed by atoms with Crippen LogP contribution in [0.25, 0.3) is 0 Å². The van der Waals surface area contributed by atoms with Crippen molar-refractivity contribution in [2.24, 2.45) is 5.92 Å². The highest BCUT2D eigenvalue weighted by Crippen LogP contribution is 2.25. The largest absolute Gasteiger partial charge is 0.342 e. The van der Waals surface area contributed by atoms with Gasteiger partial charge < -0.3 is 4.90 Å². The number of piperidine rings is 1. The molecule has 4 nitrogen and oxygen atoms in total. The number of amides is 1. The van der Waals surface area contributed by atoms with E-state index in [9.17, 15) is 4.79 Å². The number of hydrogen-bond donors (Lipinski definition) is 0. The van der Waals surface area contributed by atoms with Gasteiger partial charge in [0.2, 0.25) is 5.91 Å². The average molecular weight is 341 g/mol. The molecule has 0 aliphatic carbocycles. The Morgan fingerprint density at radius 1 is 1.17 bits per heavy atom. The number of hydrogen-bond acceptors (Lipinski definition) is 4. The molecule has 2 heterocycles. The molecule has 0 spiro atoms. The number of benzene rings is 1. The molecule has 1 aromatic carbocycles. The molecular weight excluding hydrogens is 318 g/mol. The van der Waals surface area contributed by atoms with Gasteiger partial charge in [-0.15, -0.1) is 0 Å². The Morgan fingerprint density at radius 2 is 1.83 bits per heavy atom. The Morgan fingerprint density at radius 3 is 2.50 bits per heavy atom. The highest BCUT2D eigenvalue weighted by molar-refractivity contribution is 8.00. The van der Waals surface area contributed by atoms with Gasteiger partial charge >= 0.3 is 0 Å². The second kappa shape index (κ2) is 8.29. The van der Waals surface area contributed by atoms with Gasteiger partial charge in [-0.2, -0.15) is 0 Å². The zero-order valence-electron chi connectivity index (χ0n) is 14.0. The molecule has 1 aromatic heterocycles. The van der Waals surface area contributed by atoms with Crippen molar-refractivity contribution < 1.29 is 4.79 Å². The lowest BCUT2D eigenvalue weighted by atomic mass is 9.90. The first-order valence-electron chi connectivity index (χ1n) is 8.49. The lowest BCUT2D eigenvalue weighted by Crippen LogP contribution is -2.42. The average Bonchev–Trinajstić information content (AvgIpc) is 2.63. The lowest BCUT2D eigenvalue weighted by molar-refractivity contribution is -0.131. The highest BCUT2D eigenvalue weighted by atomic mass is 32.2. The zero-order chi connectivity index (χ0) is 16.8. The third kappa shape index (κ3) is 4.57. The summed E-state index contributed by atoms with van der Waals surface area (Å²) in [5.74, 6) is 0.877. The minimum absolute atomic E-state index is 0.141. The molecule has 0 radical (unpaired) electrons. The van der Waals surface area contributed by atoms with Crippen LogP contribution in [-0.2, 0) is 11.2 Å². The Balaban J connectivity index is 1.48. The van der Waals surface area contributed by atoms with Gasteiger partial charge in [0.25, 0.3) is 0 Å². The third-order valence-electron chi connectivity index (χ3n) is 4.47. The molecule has 5 heteroatoms. The lowest BCUT2D eigenvalue weighted by Gasteiger charge is -2.33. The van der Waals surface area contributed by atoms with Crippen molar-refractivity contribution in [1.82, 2.24) is 14.9 Å². The molecule has 1 atom stereocenters. The summed E-state index contributed by atoms with van der Waals surface area (Å²) in [6.07, 6.45) is 6.70. The van der Waals surface area contributed by atoms with E-state index in [4.69, 9.17) is 0 Å². The van der Waals surface area contributed by atoms with E-state index in [1.54, 1.807) is 18.5 Å². The standard InChI is InChI=1S/C19H23N3OS/c1-15(24-19-20-10-5-11-21-19)18(23)22-12-8-17(9-13-22)14-16-6-3-2-4-7-16/h2-7,10-11,15,17H,8-9,12-14H2,1H3/t15-/m1/s1.